The number of piperidine rings is 1. The Morgan fingerprint density at radius 3 is 2.30 bits per heavy atom. The molecule has 0 unspecified atom stereocenters. The van der Waals surface area contributed by atoms with Crippen LogP contribution in [0.3, 0.4) is 0 Å². The number of nitrogens with two attached hydrogens (primary N) is 2. The summed E-state index contributed by atoms with van der Waals surface area (Å²) < 4.78 is 26.1. The van der Waals surface area contributed by atoms with Gasteiger partial charge in [0.1, 0.15) is 22.8 Å². The first-order chi connectivity index (χ1) is 20.1. The number of hydrazine groups is 1. The average molecular weight is 604 g/mol. The van der Waals surface area contributed by atoms with Crippen LogP contribution < -0.4 is 16.6 Å². The standard InChI is InChI=1S/C29H35F2N5O7/c1-34(2)21-16-9-13-8-15-17(35(3)33)10-14(11-36-6-4-12(5-7-36)27(30)31)22(37)19(15)23(38)18(13)25(40)29(16,43)26(41)20(24(21)39)28(32)42/h10,13,16,21,37,39-40,43H,4-9,11,33H2,1-3H3,(H2,32,42)/t13-,16-,21-,29-/m0/s1. The number of Topliss-reactive ketones (excluding diaryl/α,β-unsaturated/α-hetero) is 2. The number of carbonyl (C=O) groups excluding carboxylic acids is 3. The Balaban J connectivity index is 1.62. The highest BCUT2D eigenvalue weighted by molar-refractivity contribution is 6.25. The number of hydrogen-bond donors (Lipinski definition) is 6. The molecule has 0 radical (unpaired) electrons. The number of phenols is 1. The Hall–Kier alpha value is -3.85. The summed E-state index contributed by atoms with van der Waals surface area (Å²) in [5.74, 6) is -1.14. The first kappa shape index (κ1) is 30.6. The second kappa shape index (κ2) is 10.7. The van der Waals surface area contributed by atoms with E-state index in [1.807, 2.05) is 4.90 Å². The summed E-state index contributed by atoms with van der Waals surface area (Å²) in [6.07, 6.45) is -1.31. The molecule has 0 bridgehead atoms. The first-order valence-electron chi connectivity index (χ1n) is 13.9. The van der Waals surface area contributed by atoms with Crippen LogP contribution in [-0.4, -0.2) is 93.6 Å². The lowest BCUT2D eigenvalue weighted by molar-refractivity contribution is -0.148. The number of primary amides is 1. The number of phenolic OH excluding ortho intramolecular Hbond substituents is 1. The number of aliphatic hydroxyl groups excluding tert-OH is 2. The summed E-state index contributed by atoms with van der Waals surface area (Å²) in [5, 5.41) is 46.9. The molecular weight excluding hydrogens is 568 g/mol. The number of amides is 1. The van der Waals surface area contributed by atoms with Crippen LogP contribution in [0.4, 0.5) is 14.5 Å². The maximum absolute atomic E-state index is 14.1. The number of anilines is 1. The van der Waals surface area contributed by atoms with Crippen molar-refractivity contribution in [2.75, 3.05) is 39.2 Å². The Labute approximate surface area is 246 Å². The lowest BCUT2D eigenvalue weighted by Crippen LogP contribution is -2.63. The van der Waals surface area contributed by atoms with Gasteiger partial charge in [-0.1, -0.05) is 0 Å². The third kappa shape index (κ3) is 4.60. The molecule has 5 rings (SSSR count). The van der Waals surface area contributed by atoms with E-state index in [1.165, 1.54) is 9.91 Å². The Bertz CT molecular complexity index is 1520. The lowest BCUT2D eigenvalue weighted by Gasteiger charge is -2.50. The van der Waals surface area contributed by atoms with Gasteiger partial charge in [0.15, 0.2) is 11.4 Å². The molecule has 1 saturated heterocycles. The number of allylic oxidation sites excluding steroid dienone is 1. The number of likely N-dealkylation sites (tertiary alicyclic amines) is 1. The average Bonchev–Trinajstić information content (AvgIpc) is 2.92. The fourth-order valence-corrected chi connectivity index (χ4v) is 7.20. The Kier molecular flexibility index (Phi) is 7.61. The molecule has 1 aromatic rings. The van der Waals surface area contributed by atoms with Crippen LogP contribution in [0.25, 0.3) is 0 Å². The zero-order chi connectivity index (χ0) is 31.7. The molecule has 232 valence electrons. The summed E-state index contributed by atoms with van der Waals surface area (Å²) in [6.45, 7) is 0.750. The third-order valence-corrected chi connectivity index (χ3v) is 9.28. The zero-order valence-electron chi connectivity index (χ0n) is 24.0. The van der Waals surface area contributed by atoms with Crippen LogP contribution in [-0.2, 0) is 22.6 Å². The molecule has 1 fully saturated rings. The molecule has 0 saturated carbocycles. The van der Waals surface area contributed by atoms with Crippen LogP contribution in [0.2, 0.25) is 0 Å². The smallest absolute Gasteiger partial charge is 0.269 e. The number of ketones is 2. The lowest BCUT2D eigenvalue weighted by atomic mass is 9.58. The Morgan fingerprint density at radius 1 is 1.14 bits per heavy atom. The quantitative estimate of drug-likeness (QED) is 0.161. The highest BCUT2D eigenvalue weighted by Gasteiger charge is 2.63. The number of carbonyl (C=O) groups is 3. The van der Waals surface area contributed by atoms with Gasteiger partial charge in [0, 0.05) is 43.7 Å². The maximum atomic E-state index is 14.1. The van der Waals surface area contributed by atoms with E-state index >= 15 is 0 Å². The minimum atomic E-state index is -2.74. The highest BCUT2D eigenvalue weighted by atomic mass is 19.3. The number of rotatable bonds is 5. The van der Waals surface area contributed by atoms with E-state index in [2.05, 4.69) is 0 Å². The van der Waals surface area contributed by atoms with E-state index in [0.29, 0.717) is 29.9 Å². The molecule has 14 heteroatoms. The summed E-state index contributed by atoms with van der Waals surface area (Å²) in [4.78, 5) is 43.1. The van der Waals surface area contributed by atoms with Crippen LogP contribution >= 0.6 is 0 Å². The monoisotopic (exact) mass is 603 g/mol. The van der Waals surface area contributed by atoms with Gasteiger partial charge in [-0.05, 0) is 62.9 Å². The number of hydrogen-bond acceptors (Lipinski definition) is 11. The van der Waals surface area contributed by atoms with E-state index in [-0.39, 0.29) is 54.7 Å². The summed E-state index contributed by atoms with van der Waals surface area (Å²) in [6, 6.07) is 0.542. The largest absolute Gasteiger partial charge is 0.510 e. The number of halogens is 2. The number of aliphatic hydroxyl groups is 3. The number of likely N-dealkylation sites (N-methyl/N-ethyl adjacent to an activating group) is 1. The predicted molar refractivity (Wildman–Crippen MR) is 150 cm³/mol. The van der Waals surface area contributed by atoms with Crippen molar-refractivity contribution in [1.82, 2.24) is 9.80 Å². The van der Waals surface area contributed by atoms with Gasteiger partial charge in [0.05, 0.1) is 17.3 Å². The van der Waals surface area contributed by atoms with Gasteiger partial charge < -0.3 is 31.2 Å². The molecule has 8 N–H and O–H groups in total. The van der Waals surface area contributed by atoms with Crippen molar-refractivity contribution in [3.8, 4) is 5.75 Å². The topological polar surface area (TPSA) is 194 Å². The van der Waals surface area contributed by atoms with Crippen molar-refractivity contribution in [1.29, 1.82) is 0 Å². The molecule has 1 aromatic carbocycles. The van der Waals surface area contributed by atoms with E-state index in [4.69, 9.17) is 11.6 Å². The van der Waals surface area contributed by atoms with Gasteiger partial charge in [0.2, 0.25) is 5.78 Å². The van der Waals surface area contributed by atoms with E-state index in [0.717, 1.165) is 0 Å². The third-order valence-electron chi connectivity index (χ3n) is 9.28. The molecule has 4 atom stereocenters. The van der Waals surface area contributed by atoms with Gasteiger partial charge in [0.25, 0.3) is 12.0 Å². The summed E-state index contributed by atoms with van der Waals surface area (Å²) in [5.41, 5.74) is 2.54. The van der Waals surface area contributed by atoms with Crippen molar-refractivity contribution < 1.29 is 43.6 Å². The predicted octanol–water partition coefficient (Wildman–Crippen LogP) is 1.18. The SMILES string of the molecule is CN(N)c1cc(CN2CCC(=C(F)F)CC2)c(O)c2c1C[C@H]1C[C@H]3[C@H](N(C)C)C(O)=C(C(N)=O)C(=O)[C@@]3(O)C(O)=C1C2=O. The van der Waals surface area contributed by atoms with Gasteiger partial charge >= 0.3 is 0 Å². The molecule has 43 heavy (non-hydrogen) atoms. The van der Waals surface area contributed by atoms with Crippen molar-refractivity contribution in [2.24, 2.45) is 23.4 Å². The molecule has 1 aliphatic heterocycles. The highest BCUT2D eigenvalue weighted by Crippen LogP contribution is 2.53. The van der Waals surface area contributed by atoms with Crippen LogP contribution in [0, 0.1) is 11.8 Å². The molecule has 3 aliphatic carbocycles. The first-order valence-corrected chi connectivity index (χ1v) is 13.9. The Morgan fingerprint density at radius 2 is 1.77 bits per heavy atom. The zero-order valence-corrected chi connectivity index (χ0v) is 24.0. The molecular formula is C29H35F2N5O7. The number of benzene rings is 1. The van der Waals surface area contributed by atoms with E-state index in [9.17, 15) is 43.6 Å². The minimum Gasteiger partial charge on any atom is -0.510 e. The van der Waals surface area contributed by atoms with Crippen LogP contribution in [0.15, 0.2) is 40.4 Å². The summed E-state index contributed by atoms with van der Waals surface area (Å²) in [7, 11) is 4.67. The molecule has 0 aromatic heterocycles. The van der Waals surface area contributed by atoms with E-state index in [1.54, 1.807) is 27.2 Å². The number of nitrogens with zero attached hydrogens (tertiary/aromatic N) is 3. The number of fused-ring (bicyclic) bond motifs is 3. The van der Waals surface area contributed by atoms with Gasteiger partial charge in [-0.3, -0.25) is 24.2 Å². The fraction of sp³-hybridized carbons (Fsp3) is 0.483. The normalized spacial score (nSPS) is 27.7. The number of aromatic hydroxyl groups is 1. The fourth-order valence-electron chi connectivity index (χ4n) is 7.20. The second-order valence-corrected chi connectivity index (χ2v) is 12.0. The van der Waals surface area contributed by atoms with Crippen LogP contribution in [0.1, 0.15) is 40.7 Å². The van der Waals surface area contributed by atoms with Gasteiger partial charge in [-0.2, -0.15) is 8.78 Å². The second-order valence-electron chi connectivity index (χ2n) is 12.0. The van der Waals surface area contributed by atoms with Crippen molar-refractivity contribution in [3.63, 3.8) is 0 Å². The van der Waals surface area contributed by atoms with Crippen molar-refractivity contribution in [2.45, 2.75) is 43.9 Å². The van der Waals surface area contributed by atoms with E-state index < -0.39 is 64.1 Å². The van der Waals surface area contributed by atoms with Crippen molar-refractivity contribution >= 4 is 23.2 Å². The maximum Gasteiger partial charge on any atom is 0.269 e. The van der Waals surface area contributed by atoms with Crippen LogP contribution in [0.5, 0.6) is 5.75 Å². The minimum absolute atomic E-state index is 0.0449. The molecule has 1 heterocycles. The summed E-state index contributed by atoms with van der Waals surface area (Å²) >= 11 is 0. The van der Waals surface area contributed by atoms with Gasteiger partial charge in [-0.25, -0.2) is 5.84 Å². The molecule has 12 nitrogen and oxygen atoms in total. The van der Waals surface area contributed by atoms with Crippen molar-refractivity contribution in [3.05, 3.63) is 57.1 Å². The molecule has 4 aliphatic rings. The molecule has 0 spiro atoms. The van der Waals surface area contributed by atoms with Gasteiger partial charge in [-0.15, -0.1) is 0 Å². The molecule has 1 amide bonds.